The number of alkyl halides is 3. The number of aromatic nitrogens is 1. The lowest BCUT2D eigenvalue weighted by molar-refractivity contribution is -0.138. The first-order chi connectivity index (χ1) is 8.89. The molecule has 0 saturated heterocycles. The van der Waals surface area contributed by atoms with E-state index < -0.39 is 23.3 Å². The number of phenols is 1. The van der Waals surface area contributed by atoms with Crippen LogP contribution in [0, 0.1) is 0 Å². The molecule has 0 aliphatic rings. The van der Waals surface area contributed by atoms with E-state index in [4.69, 9.17) is 0 Å². The van der Waals surface area contributed by atoms with Crippen molar-refractivity contribution in [3.8, 4) is 5.75 Å². The highest BCUT2D eigenvalue weighted by atomic mass is 19.4. The van der Waals surface area contributed by atoms with Gasteiger partial charge in [-0.2, -0.15) is 13.2 Å². The van der Waals surface area contributed by atoms with E-state index in [1.165, 1.54) is 12.3 Å². The summed E-state index contributed by atoms with van der Waals surface area (Å²) in [6.07, 6.45) is -3.34. The Kier molecular flexibility index (Phi) is 3.25. The Labute approximate surface area is 106 Å². The fraction of sp³-hybridized carbons (Fsp3) is 0.0769. The van der Waals surface area contributed by atoms with Crippen LogP contribution in [0.2, 0.25) is 0 Å². The van der Waals surface area contributed by atoms with Crippen molar-refractivity contribution in [2.24, 2.45) is 0 Å². The van der Waals surface area contributed by atoms with Crippen molar-refractivity contribution in [2.75, 3.05) is 0 Å². The molecule has 1 N–H and O–H groups in total. The Morgan fingerprint density at radius 3 is 2.47 bits per heavy atom. The molecule has 0 fully saturated rings. The van der Waals surface area contributed by atoms with Crippen LogP contribution in [0.4, 0.5) is 13.2 Å². The second-order valence-corrected chi connectivity index (χ2v) is 3.77. The van der Waals surface area contributed by atoms with Crippen LogP contribution in [0.15, 0.2) is 42.6 Å². The minimum atomic E-state index is -4.72. The number of hydrogen-bond acceptors (Lipinski definition) is 3. The van der Waals surface area contributed by atoms with E-state index in [0.717, 1.165) is 12.1 Å². The molecule has 0 atom stereocenters. The number of benzene rings is 1. The molecule has 98 valence electrons. The van der Waals surface area contributed by atoms with Crippen LogP contribution in [0.5, 0.6) is 5.75 Å². The Bertz CT molecular complexity index is 609. The summed E-state index contributed by atoms with van der Waals surface area (Å²) in [5.41, 5.74) is -1.38. The molecule has 0 bridgehead atoms. The SMILES string of the molecule is O=C(c1ccc(O)c(C(F)(F)F)c1)c1ccccn1. The number of carbonyl (C=O) groups is 1. The zero-order valence-electron chi connectivity index (χ0n) is 9.48. The topological polar surface area (TPSA) is 50.2 Å². The van der Waals surface area contributed by atoms with Gasteiger partial charge in [0.15, 0.2) is 0 Å². The third-order valence-electron chi connectivity index (χ3n) is 2.46. The number of carbonyl (C=O) groups excluding carboxylic acids is 1. The first kappa shape index (κ1) is 13.1. The summed E-state index contributed by atoms with van der Waals surface area (Å²) >= 11 is 0. The zero-order chi connectivity index (χ0) is 14.0. The van der Waals surface area contributed by atoms with E-state index in [2.05, 4.69) is 4.98 Å². The predicted molar refractivity (Wildman–Crippen MR) is 60.8 cm³/mol. The smallest absolute Gasteiger partial charge is 0.419 e. The predicted octanol–water partition coefficient (Wildman–Crippen LogP) is 3.04. The van der Waals surface area contributed by atoms with E-state index >= 15 is 0 Å². The number of hydrogen-bond donors (Lipinski definition) is 1. The largest absolute Gasteiger partial charge is 0.507 e. The van der Waals surface area contributed by atoms with E-state index in [-0.39, 0.29) is 11.3 Å². The van der Waals surface area contributed by atoms with Gasteiger partial charge in [-0.1, -0.05) is 6.07 Å². The van der Waals surface area contributed by atoms with Crippen LogP contribution in [0.3, 0.4) is 0 Å². The van der Waals surface area contributed by atoms with Crippen molar-refractivity contribution in [1.82, 2.24) is 4.98 Å². The molecule has 0 radical (unpaired) electrons. The molecule has 2 rings (SSSR count). The Balaban J connectivity index is 2.45. The van der Waals surface area contributed by atoms with E-state index in [1.807, 2.05) is 0 Å². The van der Waals surface area contributed by atoms with Gasteiger partial charge < -0.3 is 5.11 Å². The van der Waals surface area contributed by atoms with Crippen molar-refractivity contribution < 1.29 is 23.1 Å². The summed E-state index contributed by atoms with van der Waals surface area (Å²) in [5, 5.41) is 9.18. The van der Waals surface area contributed by atoms with Gasteiger partial charge in [-0.05, 0) is 30.3 Å². The van der Waals surface area contributed by atoms with Crippen LogP contribution in [0.1, 0.15) is 21.6 Å². The molecule has 19 heavy (non-hydrogen) atoms. The van der Waals surface area contributed by atoms with Gasteiger partial charge >= 0.3 is 6.18 Å². The summed E-state index contributed by atoms with van der Waals surface area (Å²) in [7, 11) is 0. The van der Waals surface area contributed by atoms with Gasteiger partial charge in [-0.25, -0.2) is 0 Å². The minimum absolute atomic E-state index is 0.0429. The molecule has 3 nitrogen and oxygen atoms in total. The van der Waals surface area contributed by atoms with E-state index in [1.54, 1.807) is 12.1 Å². The van der Waals surface area contributed by atoms with Gasteiger partial charge in [-0.3, -0.25) is 9.78 Å². The monoisotopic (exact) mass is 267 g/mol. The molecule has 1 heterocycles. The maximum absolute atomic E-state index is 12.6. The van der Waals surface area contributed by atoms with Crippen LogP contribution in [0.25, 0.3) is 0 Å². The Morgan fingerprint density at radius 2 is 1.89 bits per heavy atom. The number of ketones is 1. The van der Waals surface area contributed by atoms with Crippen molar-refractivity contribution >= 4 is 5.78 Å². The van der Waals surface area contributed by atoms with Gasteiger partial charge in [0.1, 0.15) is 11.4 Å². The highest BCUT2D eigenvalue weighted by Crippen LogP contribution is 2.36. The highest BCUT2D eigenvalue weighted by Gasteiger charge is 2.34. The summed E-state index contributed by atoms with van der Waals surface area (Å²) in [6, 6.07) is 7.15. The molecule has 0 saturated carbocycles. The van der Waals surface area contributed by atoms with Crippen molar-refractivity contribution in [3.05, 3.63) is 59.4 Å². The van der Waals surface area contributed by atoms with Crippen LogP contribution in [-0.2, 0) is 6.18 Å². The van der Waals surface area contributed by atoms with Crippen molar-refractivity contribution in [3.63, 3.8) is 0 Å². The van der Waals surface area contributed by atoms with Gasteiger partial charge in [0, 0.05) is 11.8 Å². The van der Waals surface area contributed by atoms with Gasteiger partial charge in [-0.15, -0.1) is 0 Å². The second kappa shape index (κ2) is 4.72. The molecular weight excluding hydrogens is 259 g/mol. The minimum Gasteiger partial charge on any atom is -0.507 e. The van der Waals surface area contributed by atoms with Crippen LogP contribution >= 0.6 is 0 Å². The average molecular weight is 267 g/mol. The van der Waals surface area contributed by atoms with E-state index in [9.17, 15) is 23.1 Å². The Hall–Kier alpha value is -2.37. The molecular formula is C13H8F3NO2. The number of rotatable bonds is 2. The fourth-order valence-corrected chi connectivity index (χ4v) is 1.55. The number of halogens is 3. The highest BCUT2D eigenvalue weighted by molar-refractivity contribution is 6.07. The maximum atomic E-state index is 12.6. The normalized spacial score (nSPS) is 11.3. The molecule has 0 aliphatic carbocycles. The lowest BCUT2D eigenvalue weighted by Crippen LogP contribution is -2.09. The lowest BCUT2D eigenvalue weighted by atomic mass is 10.0. The number of phenolic OH excluding ortho intramolecular Hbond substituents is 1. The molecule has 0 aliphatic heterocycles. The van der Waals surface area contributed by atoms with Gasteiger partial charge in [0.05, 0.1) is 5.56 Å². The molecule has 1 aromatic heterocycles. The van der Waals surface area contributed by atoms with Crippen molar-refractivity contribution in [1.29, 1.82) is 0 Å². The van der Waals surface area contributed by atoms with E-state index in [0.29, 0.717) is 6.07 Å². The molecule has 0 spiro atoms. The molecule has 6 heteroatoms. The summed E-state index contributed by atoms with van der Waals surface area (Å²) in [6.45, 7) is 0. The third-order valence-corrected chi connectivity index (χ3v) is 2.46. The number of pyridine rings is 1. The molecule has 1 aromatic carbocycles. The quantitative estimate of drug-likeness (QED) is 0.851. The second-order valence-electron chi connectivity index (χ2n) is 3.77. The standard InChI is InChI=1S/C13H8F3NO2/c14-13(15,16)9-7-8(4-5-11(9)18)12(19)10-3-1-2-6-17-10/h1-7,18H. The average Bonchev–Trinajstić information content (AvgIpc) is 2.38. The van der Waals surface area contributed by atoms with Crippen LogP contribution in [-0.4, -0.2) is 15.9 Å². The number of aromatic hydroxyl groups is 1. The summed E-state index contributed by atoms with van der Waals surface area (Å²) in [4.78, 5) is 15.7. The fourth-order valence-electron chi connectivity index (χ4n) is 1.55. The Morgan fingerprint density at radius 1 is 1.16 bits per heavy atom. The van der Waals surface area contributed by atoms with Gasteiger partial charge in [0.25, 0.3) is 0 Å². The third kappa shape index (κ3) is 2.73. The summed E-state index contributed by atoms with van der Waals surface area (Å²) < 4.78 is 37.8. The van der Waals surface area contributed by atoms with Crippen LogP contribution < -0.4 is 0 Å². The molecule has 2 aromatic rings. The molecule has 0 amide bonds. The first-order valence-corrected chi connectivity index (χ1v) is 5.25. The first-order valence-electron chi connectivity index (χ1n) is 5.25. The van der Waals surface area contributed by atoms with Crippen molar-refractivity contribution in [2.45, 2.75) is 6.18 Å². The summed E-state index contributed by atoms with van der Waals surface area (Å²) in [5.74, 6) is -1.55. The van der Waals surface area contributed by atoms with Gasteiger partial charge in [0.2, 0.25) is 5.78 Å². The zero-order valence-corrected chi connectivity index (χ0v) is 9.48. The lowest BCUT2D eigenvalue weighted by Gasteiger charge is -2.10. The maximum Gasteiger partial charge on any atom is 0.419 e. The molecule has 0 unspecified atom stereocenters. The number of nitrogens with zero attached hydrogens (tertiary/aromatic N) is 1.